The molecule has 0 fully saturated rings. The Morgan fingerprint density at radius 1 is 1.12 bits per heavy atom. The Labute approximate surface area is 98.6 Å². The van der Waals surface area contributed by atoms with Gasteiger partial charge in [-0.2, -0.15) is 0 Å². The zero-order chi connectivity index (χ0) is 11.8. The van der Waals surface area contributed by atoms with Crippen molar-refractivity contribution in [2.45, 2.75) is 19.5 Å². The lowest BCUT2D eigenvalue weighted by molar-refractivity contribution is 0.145. The summed E-state index contributed by atoms with van der Waals surface area (Å²) in [7, 11) is 0. The van der Waals surface area contributed by atoms with Crippen molar-refractivity contribution < 1.29 is 19.4 Å². The fourth-order valence-corrected chi connectivity index (χ4v) is 2.19. The molecular weight excluding hydrogens is 222 g/mol. The van der Waals surface area contributed by atoms with Gasteiger partial charge in [-0.3, -0.25) is 4.90 Å². The molecule has 0 atom stereocenters. The number of carbonyl (C=O) groups is 1. The van der Waals surface area contributed by atoms with Crippen LogP contribution in [-0.4, -0.2) is 29.3 Å². The quantitative estimate of drug-likeness (QED) is 0.745. The van der Waals surface area contributed by atoms with Crippen molar-refractivity contribution in [2.75, 3.05) is 13.2 Å². The van der Waals surface area contributed by atoms with Crippen molar-refractivity contribution in [1.82, 2.24) is 4.90 Å². The second kappa shape index (κ2) is 3.84. The molecule has 0 radical (unpaired) electrons. The van der Waals surface area contributed by atoms with Crippen LogP contribution in [0.2, 0.25) is 0 Å². The minimum atomic E-state index is -0.891. The molecule has 2 aliphatic heterocycles. The van der Waals surface area contributed by atoms with Gasteiger partial charge < -0.3 is 14.6 Å². The third kappa shape index (κ3) is 1.77. The van der Waals surface area contributed by atoms with Gasteiger partial charge in [0.2, 0.25) is 0 Å². The largest absolute Gasteiger partial charge is 0.490 e. The molecule has 2 aliphatic rings. The van der Waals surface area contributed by atoms with Crippen LogP contribution in [0.1, 0.15) is 17.5 Å². The Balaban J connectivity index is 1.94. The van der Waals surface area contributed by atoms with Crippen LogP contribution in [0, 0.1) is 0 Å². The van der Waals surface area contributed by atoms with Crippen molar-refractivity contribution in [2.24, 2.45) is 0 Å². The first-order valence-corrected chi connectivity index (χ1v) is 5.63. The van der Waals surface area contributed by atoms with Gasteiger partial charge in [-0.1, -0.05) is 0 Å². The standard InChI is InChI=1S/C12H13NO4/c14-12(15)13-6-8-4-10-11(5-9(8)7-13)17-3-1-2-16-10/h4-5H,1-3,6-7H2,(H,14,15). The van der Waals surface area contributed by atoms with Crippen LogP contribution in [0.3, 0.4) is 0 Å². The second-order valence-corrected chi connectivity index (χ2v) is 4.26. The molecule has 3 rings (SSSR count). The number of benzene rings is 1. The van der Waals surface area contributed by atoms with Gasteiger partial charge in [0, 0.05) is 19.5 Å². The first kappa shape index (κ1) is 10.3. The van der Waals surface area contributed by atoms with E-state index in [1.807, 2.05) is 12.1 Å². The molecular formula is C12H13NO4. The van der Waals surface area contributed by atoms with Crippen LogP contribution in [0.15, 0.2) is 12.1 Å². The van der Waals surface area contributed by atoms with Crippen LogP contribution < -0.4 is 9.47 Å². The number of ether oxygens (including phenoxy) is 2. The Kier molecular flexibility index (Phi) is 2.31. The third-order valence-corrected chi connectivity index (χ3v) is 3.06. The number of hydrogen-bond donors (Lipinski definition) is 1. The first-order chi connectivity index (χ1) is 8.24. The number of hydrogen-bond acceptors (Lipinski definition) is 3. The van der Waals surface area contributed by atoms with Crippen molar-refractivity contribution in [3.8, 4) is 11.5 Å². The molecule has 0 unspecified atom stereocenters. The number of nitrogens with zero attached hydrogens (tertiary/aromatic N) is 1. The van der Waals surface area contributed by atoms with Gasteiger partial charge in [0.25, 0.3) is 0 Å². The van der Waals surface area contributed by atoms with E-state index in [0.717, 1.165) is 29.0 Å². The molecule has 1 amide bonds. The van der Waals surface area contributed by atoms with E-state index in [1.54, 1.807) is 0 Å². The number of fused-ring (bicyclic) bond motifs is 2. The zero-order valence-electron chi connectivity index (χ0n) is 9.31. The summed E-state index contributed by atoms with van der Waals surface area (Å²) < 4.78 is 11.2. The summed E-state index contributed by atoms with van der Waals surface area (Å²) >= 11 is 0. The fourth-order valence-electron chi connectivity index (χ4n) is 2.19. The van der Waals surface area contributed by atoms with Gasteiger partial charge in [0.1, 0.15) is 0 Å². The van der Waals surface area contributed by atoms with E-state index in [-0.39, 0.29) is 0 Å². The van der Waals surface area contributed by atoms with Crippen molar-refractivity contribution >= 4 is 6.09 Å². The van der Waals surface area contributed by atoms with Gasteiger partial charge >= 0.3 is 6.09 Å². The maximum atomic E-state index is 10.9. The molecule has 0 bridgehead atoms. The van der Waals surface area contributed by atoms with E-state index in [9.17, 15) is 4.79 Å². The molecule has 1 aromatic rings. The highest BCUT2D eigenvalue weighted by Gasteiger charge is 2.25. The molecule has 5 nitrogen and oxygen atoms in total. The summed E-state index contributed by atoms with van der Waals surface area (Å²) in [5.41, 5.74) is 2.02. The van der Waals surface area contributed by atoms with Gasteiger partial charge in [0.05, 0.1) is 13.2 Å². The molecule has 2 heterocycles. The van der Waals surface area contributed by atoms with Crippen LogP contribution in [-0.2, 0) is 13.1 Å². The van der Waals surface area contributed by atoms with Crippen LogP contribution in [0.25, 0.3) is 0 Å². The molecule has 1 N–H and O–H groups in total. The highest BCUT2D eigenvalue weighted by atomic mass is 16.5. The lowest BCUT2D eigenvalue weighted by atomic mass is 10.1. The second-order valence-electron chi connectivity index (χ2n) is 4.26. The number of rotatable bonds is 0. The summed E-state index contributed by atoms with van der Waals surface area (Å²) in [5, 5.41) is 8.96. The van der Waals surface area contributed by atoms with E-state index in [4.69, 9.17) is 14.6 Å². The minimum Gasteiger partial charge on any atom is -0.490 e. The smallest absolute Gasteiger partial charge is 0.407 e. The lowest BCUT2D eigenvalue weighted by Gasteiger charge is -2.08. The van der Waals surface area contributed by atoms with E-state index in [2.05, 4.69) is 0 Å². The SMILES string of the molecule is O=C(O)N1Cc2cc3c(cc2C1)OCCCO3. The Hall–Kier alpha value is -1.91. The highest BCUT2D eigenvalue weighted by molar-refractivity contribution is 5.67. The average Bonchev–Trinajstić information content (AvgIpc) is 2.58. The Morgan fingerprint density at radius 2 is 1.65 bits per heavy atom. The molecule has 90 valence electrons. The molecule has 0 saturated heterocycles. The molecule has 0 aromatic heterocycles. The van der Waals surface area contributed by atoms with Crippen LogP contribution in [0.5, 0.6) is 11.5 Å². The van der Waals surface area contributed by atoms with Crippen LogP contribution in [0.4, 0.5) is 4.79 Å². The third-order valence-electron chi connectivity index (χ3n) is 3.06. The van der Waals surface area contributed by atoms with E-state index < -0.39 is 6.09 Å². The normalized spacial score (nSPS) is 17.5. The Bertz CT molecular complexity index is 437. The topological polar surface area (TPSA) is 59.0 Å². The molecule has 17 heavy (non-hydrogen) atoms. The van der Waals surface area contributed by atoms with Crippen molar-refractivity contribution in [3.05, 3.63) is 23.3 Å². The number of carboxylic acid groups (broad SMARTS) is 1. The summed E-state index contributed by atoms with van der Waals surface area (Å²) in [6.45, 7) is 2.16. The van der Waals surface area contributed by atoms with Crippen molar-refractivity contribution in [3.63, 3.8) is 0 Å². The number of amides is 1. The average molecular weight is 235 g/mol. The monoisotopic (exact) mass is 235 g/mol. The summed E-state index contributed by atoms with van der Waals surface area (Å²) in [6, 6.07) is 3.80. The minimum absolute atomic E-state index is 0.432. The van der Waals surface area contributed by atoms with E-state index in [1.165, 1.54) is 4.90 Å². The highest BCUT2D eigenvalue weighted by Crippen LogP contribution is 2.36. The molecule has 0 aliphatic carbocycles. The molecule has 0 spiro atoms. The van der Waals surface area contributed by atoms with Gasteiger partial charge in [-0.15, -0.1) is 0 Å². The van der Waals surface area contributed by atoms with Gasteiger partial charge in [0.15, 0.2) is 11.5 Å². The maximum Gasteiger partial charge on any atom is 0.407 e. The van der Waals surface area contributed by atoms with Crippen molar-refractivity contribution in [1.29, 1.82) is 0 Å². The molecule has 5 heteroatoms. The fraction of sp³-hybridized carbons (Fsp3) is 0.417. The molecule has 1 aromatic carbocycles. The van der Waals surface area contributed by atoms with Gasteiger partial charge in [-0.25, -0.2) is 4.79 Å². The summed E-state index contributed by atoms with van der Waals surface area (Å²) in [4.78, 5) is 12.3. The van der Waals surface area contributed by atoms with E-state index >= 15 is 0 Å². The molecule has 0 saturated carbocycles. The van der Waals surface area contributed by atoms with Gasteiger partial charge in [-0.05, 0) is 23.3 Å². The Morgan fingerprint density at radius 3 is 2.12 bits per heavy atom. The zero-order valence-corrected chi connectivity index (χ0v) is 9.31. The predicted molar refractivity (Wildman–Crippen MR) is 59.3 cm³/mol. The first-order valence-electron chi connectivity index (χ1n) is 5.63. The maximum absolute atomic E-state index is 10.9. The predicted octanol–water partition coefficient (Wildman–Crippen LogP) is 1.84. The lowest BCUT2D eigenvalue weighted by Crippen LogP contribution is -2.22. The van der Waals surface area contributed by atoms with Crippen LogP contribution >= 0.6 is 0 Å². The summed E-state index contributed by atoms with van der Waals surface area (Å²) in [6.07, 6.45) is -0.0149. The summed E-state index contributed by atoms with van der Waals surface area (Å²) in [5.74, 6) is 1.46. The van der Waals surface area contributed by atoms with E-state index in [0.29, 0.717) is 26.3 Å².